The first-order valence-corrected chi connectivity index (χ1v) is 11.6. The van der Waals surface area contributed by atoms with Crippen molar-refractivity contribution in [3.63, 3.8) is 0 Å². The second-order valence-electron chi connectivity index (χ2n) is 7.68. The zero-order chi connectivity index (χ0) is 18.3. The van der Waals surface area contributed by atoms with Crippen LogP contribution < -0.4 is 0 Å². The van der Waals surface area contributed by atoms with Gasteiger partial charge < -0.3 is 4.74 Å². The maximum Gasteiger partial charge on any atom is 0.0822 e. The molecule has 0 fully saturated rings. The highest BCUT2D eigenvalue weighted by Gasteiger charge is 1.95. The summed E-state index contributed by atoms with van der Waals surface area (Å²) < 4.78 is 5.75. The lowest BCUT2D eigenvalue weighted by Crippen LogP contribution is -1.97. The van der Waals surface area contributed by atoms with Gasteiger partial charge in [0.05, 0.1) is 6.61 Å². The first-order valence-electron chi connectivity index (χ1n) is 11.6. The SMILES string of the molecule is CCCCCCCCCCCOCCCCCCCCCCCC[O]. The Kier molecular flexibility index (Phi) is 23.8. The van der Waals surface area contributed by atoms with Gasteiger partial charge in [-0.05, 0) is 19.3 Å². The van der Waals surface area contributed by atoms with Gasteiger partial charge in [-0.25, -0.2) is 5.11 Å². The Morgan fingerprint density at radius 3 is 1.12 bits per heavy atom. The van der Waals surface area contributed by atoms with E-state index in [9.17, 15) is 5.11 Å². The summed E-state index contributed by atoms with van der Waals surface area (Å²) in [5.74, 6) is 0. The van der Waals surface area contributed by atoms with Crippen LogP contribution in [0.2, 0.25) is 0 Å². The van der Waals surface area contributed by atoms with Gasteiger partial charge in [0.15, 0.2) is 0 Å². The summed E-state index contributed by atoms with van der Waals surface area (Å²) in [4.78, 5) is 0. The maximum absolute atomic E-state index is 10.3. The van der Waals surface area contributed by atoms with Crippen LogP contribution in [0.1, 0.15) is 129 Å². The summed E-state index contributed by atoms with van der Waals surface area (Å²) in [6.07, 6.45) is 25.1. The third-order valence-corrected chi connectivity index (χ3v) is 5.08. The van der Waals surface area contributed by atoms with E-state index in [0.29, 0.717) is 0 Å². The van der Waals surface area contributed by atoms with Crippen LogP contribution in [0.5, 0.6) is 0 Å². The Hall–Kier alpha value is -0.0800. The highest BCUT2D eigenvalue weighted by molar-refractivity contribution is 4.49. The molecular weight excluding hydrogens is 308 g/mol. The molecule has 0 N–H and O–H groups in total. The second-order valence-corrected chi connectivity index (χ2v) is 7.68. The Balaban J connectivity index is 2.94. The average Bonchev–Trinajstić information content (AvgIpc) is 2.63. The normalized spacial score (nSPS) is 11.3. The molecule has 0 amide bonds. The van der Waals surface area contributed by atoms with Crippen molar-refractivity contribution in [2.24, 2.45) is 0 Å². The minimum Gasteiger partial charge on any atom is -0.381 e. The van der Waals surface area contributed by atoms with Crippen molar-refractivity contribution in [1.29, 1.82) is 0 Å². The Morgan fingerprint density at radius 2 is 0.760 bits per heavy atom. The molecule has 0 aromatic heterocycles. The van der Waals surface area contributed by atoms with E-state index in [4.69, 9.17) is 4.74 Å². The molecule has 0 aliphatic heterocycles. The Bertz CT molecular complexity index is 196. The van der Waals surface area contributed by atoms with Gasteiger partial charge in [0, 0.05) is 13.2 Å². The van der Waals surface area contributed by atoms with Gasteiger partial charge >= 0.3 is 0 Å². The standard InChI is InChI=1S/C23H47O2/c1-2-3-4-5-6-10-13-16-19-22-25-23-20-17-14-11-8-7-9-12-15-18-21-24/h2-23H2,1H3. The highest BCUT2D eigenvalue weighted by Crippen LogP contribution is 2.11. The first kappa shape index (κ1) is 24.9. The number of unbranched alkanes of at least 4 members (excludes halogenated alkanes) is 17. The van der Waals surface area contributed by atoms with Crippen LogP contribution in [0.4, 0.5) is 0 Å². The summed E-state index contributed by atoms with van der Waals surface area (Å²) in [5, 5.41) is 10.3. The van der Waals surface area contributed by atoms with E-state index in [2.05, 4.69) is 6.92 Å². The summed E-state index contributed by atoms with van der Waals surface area (Å²) in [5.41, 5.74) is 0. The smallest absolute Gasteiger partial charge is 0.0822 e. The van der Waals surface area contributed by atoms with Gasteiger partial charge in [0.1, 0.15) is 0 Å². The van der Waals surface area contributed by atoms with Crippen LogP contribution >= 0.6 is 0 Å². The lowest BCUT2D eigenvalue weighted by molar-refractivity contribution is 0.125. The predicted molar refractivity (Wildman–Crippen MR) is 110 cm³/mol. The topological polar surface area (TPSA) is 29.1 Å². The minimum atomic E-state index is 0.112. The van der Waals surface area contributed by atoms with Crippen molar-refractivity contribution in [2.45, 2.75) is 129 Å². The van der Waals surface area contributed by atoms with E-state index in [1.807, 2.05) is 0 Å². The molecule has 0 atom stereocenters. The fraction of sp³-hybridized carbons (Fsp3) is 1.00. The third-order valence-electron chi connectivity index (χ3n) is 5.08. The van der Waals surface area contributed by atoms with Crippen LogP contribution in [0.3, 0.4) is 0 Å². The molecule has 0 saturated carbocycles. The van der Waals surface area contributed by atoms with E-state index < -0.39 is 0 Å². The summed E-state index contributed by atoms with van der Waals surface area (Å²) in [6, 6.07) is 0. The van der Waals surface area contributed by atoms with Crippen molar-refractivity contribution < 1.29 is 9.84 Å². The zero-order valence-electron chi connectivity index (χ0n) is 17.4. The molecule has 1 radical (unpaired) electrons. The molecule has 0 unspecified atom stereocenters. The number of rotatable bonds is 22. The van der Waals surface area contributed by atoms with E-state index >= 15 is 0 Å². The number of hydrogen-bond acceptors (Lipinski definition) is 1. The molecule has 0 aliphatic rings. The molecule has 25 heavy (non-hydrogen) atoms. The third kappa shape index (κ3) is 23.9. The van der Waals surface area contributed by atoms with Crippen molar-refractivity contribution in [3.8, 4) is 0 Å². The fourth-order valence-corrected chi connectivity index (χ4v) is 3.34. The molecule has 0 aromatic rings. The molecule has 0 aromatic carbocycles. The summed E-state index contributed by atoms with van der Waals surface area (Å²) in [6.45, 7) is 4.33. The number of ether oxygens (including phenoxy) is 1. The fourth-order valence-electron chi connectivity index (χ4n) is 3.34. The van der Waals surface area contributed by atoms with Gasteiger partial charge in [-0.1, -0.05) is 110 Å². The highest BCUT2D eigenvalue weighted by atomic mass is 16.5. The maximum atomic E-state index is 10.3. The van der Waals surface area contributed by atoms with Crippen molar-refractivity contribution in [1.82, 2.24) is 0 Å². The molecule has 2 heteroatoms. The van der Waals surface area contributed by atoms with E-state index in [1.54, 1.807) is 0 Å². The van der Waals surface area contributed by atoms with Crippen LogP contribution in [0.15, 0.2) is 0 Å². The average molecular weight is 356 g/mol. The van der Waals surface area contributed by atoms with Crippen LogP contribution in [-0.4, -0.2) is 19.8 Å². The van der Waals surface area contributed by atoms with Gasteiger partial charge in [0.2, 0.25) is 0 Å². The molecule has 0 spiro atoms. The molecule has 151 valence electrons. The predicted octanol–water partition coefficient (Wildman–Crippen LogP) is 7.87. The summed E-state index contributed by atoms with van der Waals surface area (Å²) in [7, 11) is 0. The van der Waals surface area contributed by atoms with Gasteiger partial charge in [-0.15, -0.1) is 0 Å². The van der Waals surface area contributed by atoms with Crippen molar-refractivity contribution >= 4 is 0 Å². The Labute approximate surface area is 159 Å². The molecule has 0 aliphatic carbocycles. The molecule has 0 bridgehead atoms. The summed E-state index contributed by atoms with van der Waals surface area (Å²) >= 11 is 0. The molecular formula is C23H47O2. The second kappa shape index (κ2) is 23.9. The monoisotopic (exact) mass is 355 g/mol. The quantitative estimate of drug-likeness (QED) is 0.182. The minimum absolute atomic E-state index is 0.112. The first-order chi connectivity index (χ1) is 12.4. The van der Waals surface area contributed by atoms with E-state index in [0.717, 1.165) is 26.1 Å². The van der Waals surface area contributed by atoms with Crippen LogP contribution in [-0.2, 0) is 9.84 Å². The van der Waals surface area contributed by atoms with E-state index in [-0.39, 0.29) is 6.61 Å². The largest absolute Gasteiger partial charge is 0.381 e. The van der Waals surface area contributed by atoms with E-state index in [1.165, 1.54) is 109 Å². The Morgan fingerprint density at radius 1 is 0.440 bits per heavy atom. The lowest BCUT2D eigenvalue weighted by atomic mass is 10.1. The van der Waals surface area contributed by atoms with Gasteiger partial charge in [0.25, 0.3) is 0 Å². The molecule has 0 rings (SSSR count). The van der Waals surface area contributed by atoms with Gasteiger partial charge in [-0.2, -0.15) is 0 Å². The molecule has 0 saturated heterocycles. The van der Waals surface area contributed by atoms with Crippen molar-refractivity contribution in [3.05, 3.63) is 0 Å². The van der Waals surface area contributed by atoms with Crippen LogP contribution in [0.25, 0.3) is 0 Å². The lowest BCUT2D eigenvalue weighted by Gasteiger charge is -2.05. The molecule has 2 nitrogen and oxygen atoms in total. The van der Waals surface area contributed by atoms with Crippen LogP contribution in [0, 0.1) is 0 Å². The molecule has 0 heterocycles. The number of hydrogen-bond donors (Lipinski definition) is 0. The zero-order valence-corrected chi connectivity index (χ0v) is 17.4. The van der Waals surface area contributed by atoms with Gasteiger partial charge in [-0.3, -0.25) is 0 Å². The van der Waals surface area contributed by atoms with Crippen molar-refractivity contribution in [2.75, 3.05) is 19.8 Å².